The van der Waals surface area contributed by atoms with Crippen molar-refractivity contribution < 1.29 is 48.0 Å². The summed E-state index contributed by atoms with van der Waals surface area (Å²) in [5, 5.41) is 9.66. The fourth-order valence-corrected chi connectivity index (χ4v) is 3.38. The van der Waals surface area contributed by atoms with Crippen LogP contribution in [-0.2, 0) is 23.8 Å². The topological polar surface area (TPSA) is 161 Å². The Hall–Kier alpha value is -3.34. The molecule has 2 unspecified atom stereocenters. The Labute approximate surface area is 236 Å². The summed E-state index contributed by atoms with van der Waals surface area (Å²) in [7, 11) is 0. The Balaban J connectivity index is 3.33. The number of nitrogens with two attached hydrogens (primary N) is 1. The predicted octanol–water partition coefficient (Wildman–Crippen LogP) is 5.67. The summed E-state index contributed by atoms with van der Waals surface area (Å²) in [5.74, 6) is -2.78. The molecule has 0 aliphatic carbocycles. The number of hydrogen-bond acceptors (Lipinski definition) is 10. The van der Waals surface area contributed by atoms with Crippen molar-refractivity contribution in [3.8, 4) is 11.5 Å². The quantitative estimate of drug-likeness (QED) is 0.182. The van der Waals surface area contributed by atoms with Gasteiger partial charge in [-0.2, -0.15) is 0 Å². The third-order valence-corrected chi connectivity index (χ3v) is 5.24. The maximum absolute atomic E-state index is 12.5. The average molecular weight is 568 g/mol. The number of carboxylic acids is 1. The van der Waals surface area contributed by atoms with Gasteiger partial charge in [0.1, 0.15) is 6.04 Å². The zero-order valence-corrected chi connectivity index (χ0v) is 25.1. The van der Waals surface area contributed by atoms with E-state index in [1.54, 1.807) is 6.92 Å². The number of carbonyl (C=O) groups excluding carboxylic acids is 3. The van der Waals surface area contributed by atoms with Gasteiger partial charge in [-0.25, -0.2) is 9.59 Å². The van der Waals surface area contributed by atoms with Crippen LogP contribution in [0, 0.1) is 16.7 Å². The molecule has 0 amide bonds. The van der Waals surface area contributed by atoms with E-state index in [-0.39, 0.29) is 54.3 Å². The lowest BCUT2D eigenvalue weighted by Gasteiger charge is -2.25. The van der Waals surface area contributed by atoms with Crippen LogP contribution in [0.2, 0.25) is 0 Å². The molecule has 1 rings (SSSR count). The molecule has 1 aromatic carbocycles. The molecule has 0 heterocycles. The minimum absolute atomic E-state index is 0.0567. The molecule has 0 aliphatic heterocycles. The van der Waals surface area contributed by atoms with Gasteiger partial charge >= 0.3 is 24.2 Å². The van der Waals surface area contributed by atoms with E-state index in [1.165, 1.54) is 18.2 Å². The maximum Gasteiger partial charge on any atom is 0.513 e. The van der Waals surface area contributed by atoms with Gasteiger partial charge in [-0.15, -0.1) is 0 Å². The molecule has 0 aliphatic rings. The molecule has 0 radical (unpaired) electrons. The lowest BCUT2D eigenvalue weighted by atomic mass is 9.87. The minimum atomic E-state index is -1.38. The third kappa shape index (κ3) is 13.6. The van der Waals surface area contributed by atoms with E-state index in [2.05, 4.69) is 0 Å². The molecule has 0 bridgehead atoms. The Kier molecular flexibility index (Phi) is 12.9. The standard InChI is InChI=1S/C29H45NO10/c1-17(2)12-23(31)38-18(3)13-20(24(30)25(32)33)19-10-11-21(39-26(34)36-15-28(4,5)6)22(14-19)40-27(35)37-16-29(7,8)9/h10-11,14,17-18,20,24H,12-13,15-16,30H2,1-9H3,(H,32,33)/t18?,20?,24-/m0/s1. The summed E-state index contributed by atoms with van der Waals surface area (Å²) in [6, 6.07) is 2.81. The van der Waals surface area contributed by atoms with Crippen molar-refractivity contribution in [2.75, 3.05) is 13.2 Å². The Bertz CT molecular complexity index is 1020. The molecule has 3 atom stereocenters. The summed E-state index contributed by atoms with van der Waals surface area (Å²) >= 11 is 0. The van der Waals surface area contributed by atoms with Gasteiger partial charge in [0.15, 0.2) is 11.5 Å². The van der Waals surface area contributed by atoms with Crippen molar-refractivity contribution in [3.05, 3.63) is 23.8 Å². The van der Waals surface area contributed by atoms with Crippen molar-refractivity contribution in [2.45, 2.75) is 93.2 Å². The van der Waals surface area contributed by atoms with Gasteiger partial charge in [0, 0.05) is 12.3 Å². The van der Waals surface area contributed by atoms with Crippen LogP contribution in [0.4, 0.5) is 9.59 Å². The monoisotopic (exact) mass is 567 g/mol. The first-order valence-corrected chi connectivity index (χ1v) is 13.3. The lowest BCUT2D eigenvalue weighted by molar-refractivity contribution is -0.149. The van der Waals surface area contributed by atoms with E-state index < -0.39 is 42.3 Å². The van der Waals surface area contributed by atoms with E-state index in [1.807, 2.05) is 55.4 Å². The van der Waals surface area contributed by atoms with Crippen LogP contribution in [0.1, 0.15) is 86.6 Å². The summed E-state index contributed by atoms with van der Waals surface area (Å²) in [6.45, 7) is 16.8. The zero-order chi connectivity index (χ0) is 30.8. The normalized spacial score (nSPS) is 14.1. The molecule has 0 saturated heterocycles. The molecule has 1 aromatic rings. The highest BCUT2D eigenvalue weighted by molar-refractivity contribution is 5.75. The highest BCUT2D eigenvalue weighted by Gasteiger charge is 2.30. The van der Waals surface area contributed by atoms with Crippen molar-refractivity contribution in [3.63, 3.8) is 0 Å². The fourth-order valence-electron chi connectivity index (χ4n) is 3.38. The fraction of sp³-hybridized carbons (Fsp3) is 0.655. The van der Waals surface area contributed by atoms with Crippen LogP contribution < -0.4 is 15.2 Å². The predicted molar refractivity (Wildman–Crippen MR) is 147 cm³/mol. The maximum atomic E-state index is 12.5. The SMILES string of the molecule is CC(C)CC(=O)OC(C)CC(c1ccc(OC(=O)OCC(C)(C)C)c(OC(=O)OCC(C)(C)C)c1)[C@H](N)C(=O)O. The van der Waals surface area contributed by atoms with Crippen molar-refractivity contribution >= 4 is 24.2 Å². The molecular weight excluding hydrogens is 522 g/mol. The van der Waals surface area contributed by atoms with Crippen LogP contribution in [0.3, 0.4) is 0 Å². The minimum Gasteiger partial charge on any atom is -0.480 e. The smallest absolute Gasteiger partial charge is 0.480 e. The number of aliphatic carboxylic acids is 1. The van der Waals surface area contributed by atoms with Gasteiger partial charge in [0.25, 0.3) is 0 Å². The third-order valence-electron chi connectivity index (χ3n) is 5.24. The van der Waals surface area contributed by atoms with E-state index in [9.17, 15) is 24.3 Å². The Morgan fingerprint density at radius 1 is 0.850 bits per heavy atom. The van der Waals surface area contributed by atoms with Gasteiger partial charge in [0.05, 0.1) is 19.3 Å². The van der Waals surface area contributed by atoms with E-state index in [0.717, 1.165) is 0 Å². The molecule has 226 valence electrons. The van der Waals surface area contributed by atoms with Crippen molar-refractivity contribution in [2.24, 2.45) is 22.5 Å². The molecule has 0 spiro atoms. The largest absolute Gasteiger partial charge is 0.513 e. The van der Waals surface area contributed by atoms with Crippen molar-refractivity contribution in [1.29, 1.82) is 0 Å². The highest BCUT2D eigenvalue weighted by Crippen LogP contribution is 2.35. The first-order chi connectivity index (χ1) is 18.3. The van der Waals surface area contributed by atoms with E-state index >= 15 is 0 Å². The van der Waals surface area contributed by atoms with Gasteiger partial charge in [-0.05, 0) is 47.8 Å². The summed E-state index contributed by atoms with van der Waals surface area (Å²) < 4.78 is 26.4. The number of esters is 1. The van der Waals surface area contributed by atoms with Crippen LogP contribution >= 0.6 is 0 Å². The first kappa shape index (κ1) is 34.7. The molecule has 11 nitrogen and oxygen atoms in total. The van der Waals surface area contributed by atoms with Gasteiger partial charge in [-0.1, -0.05) is 61.5 Å². The number of carbonyl (C=O) groups is 4. The van der Waals surface area contributed by atoms with Crippen LogP contribution in [0.15, 0.2) is 18.2 Å². The molecule has 0 aromatic heterocycles. The number of hydrogen-bond donors (Lipinski definition) is 2. The summed E-state index contributed by atoms with van der Waals surface area (Å²) in [5.41, 5.74) is 5.73. The van der Waals surface area contributed by atoms with E-state index in [4.69, 9.17) is 29.4 Å². The molecule has 40 heavy (non-hydrogen) atoms. The van der Waals surface area contributed by atoms with Crippen LogP contribution in [0.5, 0.6) is 11.5 Å². The molecule has 3 N–H and O–H groups in total. The number of rotatable bonds is 12. The highest BCUT2D eigenvalue weighted by atomic mass is 16.7. The molecule has 11 heteroatoms. The number of benzene rings is 1. The molecule has 0 fully saturated rings. The van der Waals surface area contributed by atoms with Crippen LogP contribution in [0.25, 0.3) is 0 Å². The molecular formula is C29H45NO10. The van der Waals surface area contributed by atoms with Crippen molar-refractivity contribution in [1.82, 2.24) is 0 Å². The summed E-state index contributed by atoms with van der Waals surface area (Å²) in [4.78, 5) is 48.8. The van der Waals surface area contributed by atoms with Gasteiger partial charge < -0.3 is 34.5 Å². The Morgan fingerprint density at radius 2 is 1.35 bits per heavy atom. The second-order valence-electron chi connectivity index (χ2n) is 12.7. The van der Waals surface area contributed by atoms with Gasteiger partial charge in [0.2, 0.25) is 0 Å². The first-order valence-electron chi connectivity index (χ1n) is 13.3. The second-order valence-corrected chi connectivity index (χ2v) is 12.7. The lowest BCUT2D eigenvalue weighted by Crippen LogP contribution is -2.38. The Morgan fingerprint density at radius 3 is 1.80 bits per heavy atom. The second kappa shape index (κ2) is 14.9. The van der Waals surface area contributed by atoms with Crippen LogP contribution in [-0.4, -0.2) is 54.7 Å². The zero-order valence-electron chi connectivity index (χ0n) is 25.1. The van der Waals surface area contributed by atoms with E-state index in [0.29, 0.717) is 5.56 Å². The molecule has 0 saturated carbocycles. The number of ether oxygens (including phenoxy) is 5. The summed E-state index contributed by atoms with van der Waals surface area (Å²) in [6.07, 6.45) is -2.44. The average Bonchev–Trinajstić information content (AvgIpc) is 2.79. The number of carboxylic acid groups (broad SMARTS) is 1. The van der Waals surface area contributed by atoms with Gasteiger partial charge in [-0.3, -0.25) is 9.59 Å².